The zero-order valence-corrected chi connectivity index (χ0v) is 12.4. The normalized spacial score (nSPS) is 12.4. The largest absolute Gasteiger partial charge is 0.306 e. The lowest BCUT2D eigenvalue weighted by Gasteiger charge is -2.15. The van der Waals surface area contributed by atoms with Crippen LogP contribution in [-0.2, 0) is 6.54 Å². The summed E-state index contributed by atoms with van der Waals surface area (Å²) in [6.07, 6.45) is 0. The predicted octanol–water partition coefficient (Wildman–Crippen LogP) is 4.61. The molecule has 1 N–H and O–H groups in total. The minimum Gasteiger partial charge on any atom is -0.306 e. The molecule has 94 valence electrons. The van der Waals surface area contributed by atoms with Crippen LogP contribution in [0.15, 0.2) is 53.0 Å². The zero-order valence-electron chi connectivity index (χ0n) is 10.8. The van der Waals surface area contributed by atoms with Crippen molar-refractivity contribution in [1.29, 1.82) is 0 Å². The second-order valence-electron chi connectivity index (χ2n) is 4.60. The number of nitrogens with one attached hydrogen (secondary N) is 1. The Labute approximate surface area is 117 Å². The zero-order chi connectivity index (χ0) is 13.0. The third-order valence-electron chi connectivity index (χ3n) is 3.13. The summed E-state index contributed by atoms with van der Waals surface area (Å²) in [6.45, 7) is 5.18. The molecule has 0 bridgehead atoms. The van der Waals surface area contributed by atoms with E-state index in [1.54, 1.807) is 0 Å². The molecule has 18 heavy (non-hydrogen) atoms. The molecule has 0 heterocycles. The van der Waals surface area contributed by atoms with Gasteiger partial charge in [-0.3, -0.25) is 0 Å². The van der Waals surface area contributed by atoms with E-state index >= 15 is 0 Å². The summed E-state index contributed by atoms with van der Waals surface area (Å²) >= 11 is 3.57. The standard InChI is InChI=1S/C16H18BrN/c1-12-7-9-14(10-8-12)13(2)18-11-15-5-3-4-6-16(15)17/h3-10,13,18H,11H2,1-2H3/t13-/m1/s1. The predicted molar refractivity (Wildman–Crippen MR) is 80.6 cm³/mol. The molecule has 1 atom stereocenters. The van der Waals surface area contributed by atoms with Gasteiger partial charge in [0.2, 0.25) is 0 Å². The highest BCUT2D eigenvalue weighted by Gasteiger charge is 2.05. The van der Waals surface area contributed by atoms with Gasteiger partial charge in [0.25, 0.3) is 0 Å². The van der Waals surface area contributed by atoms with E-state index in [-0.39, 0.29) is 0 Å². The molecule has 2 aromatic carbocycles. The molecule has 0 unspecified atom stereocenters. The molecule has 0 aliphatic carbocycles. The van der Waals surface area contributed by atoms with Crippen LogP contribution in [0.2, 0.25) is 0 Å². The van der Waals surface area contributed by atoms with Crippen LogP contribution in [0.4, 0.5) is 0 Å². The molecule has 0 fully saturated rings. The fraction of sp³-hybridized carbons (Fsp3) is 0.250. The van der Waals surface area contributed by atoms with E-state index in [1.807, 2.05) is 6.07 Å². The molecular weight excluding hydrogens is 286 g/mol. The quantitative estimate of drug-likeness (QED) is 0.870. The van der Waals surface area contributed by atoms with E-state index < -0.39 is 0 Å². The molecule has 2 aromatic rings. The molecular formula is C16H18BrN. The lowest BCUT2D eigenvalue weighted by atomic mass is 10.1. The average molecular weight is 304 g/mol. The maximum atomic E-state index is 3.57. The van der Waals surface area contributed by atoms with Gasteiger partial charge in [-0.25, -0.2) is 0 Å². The molecule has 2 heteroatoms. The van der Waals surface area contributed by atoms with Crippen molar-refractivity contribution < 1.29 is 0 Å². The lowest BCUT2D eigenvalue weighted by Crippen LogP contribution is -2.18. The van der Waals surface area contributed by atoms with Crippen LogP contribution in [0.5, 0.6) is 0 Å². The Bertz CT molecular complexity index is 505. The maximum Gasteiger partial charge on any atom is 0.0294 e. The SMILES string of the molecule is Cc1ccc([C@@H](C)NCc2ccccc2Br)cc1. The Hall–Kier alpha value is -1.12. The highest BCUT2D eigenvalue weighted by atomic mass is 79.9. The van der Waals surface area contributed by atoms with Gasteiger partial charge in [-0.2, -0.15) is 0 Å². The van der Waals surface area contributed by atoms with Crippen LogP contribution in [0.1, 0.15) is 29.7 Å². The van der Waals surface area contributed by atoms with Crippen LogP contribution in [0.3, 0.4) is 0 Å². The first kappa shape index (κ1) is 13.3. The van der Waals surface area contributed by atoms with Crippen molar-refractivity contribution in [2.75, 3.05) is 0 Å². The molecule has 0 aromatic heterocycles. The number of rotatable bonds is 4. The first-order chi connectivity index (χ1) is 8.66. The second kappa shape index (κ2) is 6.17. The van der Waals surface area contributed by atoms with Crippen molar-refractivity contribution in [3.8, 4) is 0 Å². The van der Waals surface area contributed by atoms with Gasteiger partial charge >= 0.3 is 0 Å². The minimum absolute atomic E-state index is 0.359. The monoisotopic (exact) mass is 303 g/mol. The lowest BCUT2D eigenvalue weighted by molar-refractivity contribution is 0.573. The summed E-state index contributed by atoms with van der Waals surface area (Å²) in [4.78, 5) is 0. The number of halogens is 1. The van der Waals surface area contributed by atoms with Gasteiger partial charge < -0.3 is 5.32 Å². The van der Waals surface area contributed by atoms with E-state index in [0.717, 1.165) is 11.0 Å². The number of aryl methyl sites for hydroxylation is 1. The van der Waals surface area contributed by atoms with Gasteiger partial charge in [0, 0.05) is 17.1 Å². The van der Waals surface area contributed by atoms with Crippen molar-refractivity contribution in [3.63, 3.8) is 0 Å². The van der Waals surface area contributed by atoms with E-state index in [0.29, 0.717) is 6.04 Å². The Morgan fingerprint density at radius 2 is 1.72 bits per heavy atom. The van der Waals surface area contributed by atoms with Crippen molar-refractivity contribution in [2.45, 2.75) is 26.4 Å². The van der Waals surface area contributed by atoms with Gasteiger partial charge in [0.15, 0.2) is 0 Å². The second-order valence-corrected chi connectivity index (χ2v) is 5.46. The first-order valence-electron chi connectivity index (χ1n) is 6.20. The minimum atomic E-state index is 0.359. The molecule has 0 saturated carbocycles. The van der Waals surface area contributed by atoms with Gasteiger partial charge in [0.1, 0.15) is 0 Å². The number of hydrogen-bond donors (Lipinski definition) is 1. The Balaban J connectivity index is 1.98. The van der Waals surface area contributed by atoms with E-state index in [9.17, 15) is 0 Å². The molecule has 2 rings (SSSR count). The Morgan fingerprint density at radius 1 is 1.06 bits per heavy atom. The van der Waals surface area contributed by atoms with Crippen molar-refractivity contribution in [3.05, 3.63) is 69.7 Å². The summed E-state index contributed by atoms with van der Waals surface area (Å²) in [7, 11) is 0. The Kier molecular flexibility index (Phi) is 4.56. The highest BCUT2D eigenvalue weighted by Crippen LogP contribution is 2.18. The van der Waals surface area contributed by atoms with Gasteiger partial charge in [-0.1, -0.05) is 64.0 Å². The third-order valence-corrected chi connectivity index (χ3v) is 3.91. The molecule has 0 saturated heterocycles. The average Bonchev–Trinajstić information content (AvgIpc) is 2.38. The number of hydrogen-bond acceptors (Lipinski definition) is 1. The van der Waals surface area contributed by atoms with E-state index in [4.69, 9.17) is 0 Å². The summed E-state index contributed by atoms with van der Waals surface area (Å²) in [5.74, 6) is 0. The summed E-state index contributed by atoms with van der Waals surface area (Å²) < 4.78 is 1.16. The fourth-order valence-corrected chi connectivity index (χ4v) is 2.30. The molecule has 0 aliphatic rings. The van der Waals surface area contributed by atoms with E-state index in [1.165, 1.54) is 16.7 Å². The van der Waals surface area contributed by atoms with Crippen LogP contribution >= 0.6 is 15.9 Å². The van der Waals surface area contributed by atoms with Crippen LogP contribution in [0.25, 0.3) is 0 Å². The molecule has 0 aliphatic heterocycles. The topological polar surface area (TPSA) is 12.0 Å². The molecule has 1 nitrogen and oxygen atoms in total. The smallest absolute Gasteiger partial charge is 0.0294 e. The van der Waals surface area contributed by atoms with Crippen molar-refractivity contribution in [2.24, 2.45) is 0 Å². The first-order valence-corrected chi connectivity index (χ1v) is 6.99. The van der Waals surface area contributed by atoms with Crippen LogP contribution < -0.4 is 5.32 Å². The third kappa shape index (κ3) is 3.44. The summed E-state index contributed by atoms with van der Waals surface area (Å²) in [5, 5.41) is 3.55. The van der Waals surface area contributed by atoms with Crippen molar-refractivity contribution >= 4 is 15.9 Å². The van der Waals surface area contributed by atoms with Crippen LogP contribution in [-0.4, -0.2) is 0 Å². The fourth-order valence-electron chi connectivity index (χ4n) is 1.88. The van der Waals surface area contributed by atoms with Crippen molar-refractivity contribution in [1.82, 2.24) is 5.32 Å². The molecule has 0 radical (unpaired) electrons. The highest BCUT2D eigenvalue weighted by molar-refractivity contribution is 9.10. The molecule has 0 amide bonds. The van der Waals surface area contributed by atoms with E-state index in [2.05, 4.69) is 77.6 Å². The Morgan fingerprint density at radius 3 is 2.39 bits per heavy atom. The van der Waals surface area contributed by atoms with Gasteiger partial charge in [0.05, 0.1) is 0 Å². The molecule has 0 spiro atoms. The maximum absolute atomic E-state index is 3.57. The van der Waals surface area contributed by atoms with Crippen LogP contribution in [0, 0.1) is 6.92 Å². The number of benzene rings is 2. The summed E-state index contributed by atoms with van der Waals surface area (Å²) in [6, 6.07) is 17.4. The van der Waals surface area contributed by atoms with Gasteiger partial charge in [-0.05, 0) is 31.0 Å². The van der Waals surface area contributed by atoms with Gasteiger partial charge in [-0.15, -0.1) is 0 Å². The summed E-state index contributed by atoms with van der Waals surface area (Å²) in [5.41, 5.74) is 3.92.